The number of amides is 2. The summed E-state index contributed by atoms with van der Waals surface area (Å²) < 4.78 is 19.1. The van der Waals surface area contributed by atoms with Crippen molar-refractivity contribution in [1.82, 2.24) is 30.5 Å². The molecular weight excluding hydrogens is 907 g/mol. The number of thiazole rings is 1. The normalized spacial score (nSPS) is 16.8. The highest BCUT2D eigenvalue weighted by Gasteiger charge is 2.40. The molecule has 4 atom stereocenters. The van der Waals surface area contributed by atoms with Crippen LogP contribution in [0.4, 0.5) is 5.82 Å². The molecule has 3 heterocycles. The molecule has 1 aliphatic heterocycles. The van der Waals surface area contributed by atoms with Crippen LogP contribution in [0.25, 0.3) is 10.9 Å². The van der Waals surface area contributed by atoms with E-state index in [9.17, 15) is 14.4 Å². The van der Waals surface area contributed by atoms with E-state index in [1.807, 2.05) is 48.2 Å². The van der Waals surface area contributed by atoms with E-state index in [2.05, 4.69) is 50.9 Å². The van der Waals surface area contributed by atoms with Gasteiger partial charge < -0.3 is 35.1 Å². The summed E-state index contributed by atoms with van der Waals surface area (Å²) in [6.45, 7) is 7.45. The lowest BCUT2D eigenvalue weighted by Gasteiger charge is -2.35. The van der Waals surface area contributed by atoms with Crippen LogP contribution in [0.5, 0.6) is 17.2 Å². The second-order valence-electron chi connectivity index (χ2n) is 17.2. The number of aromatic nitrogens is 3. The Kier molecular flexibility index (Phi) is 16.8. The van der Waals surface area contributed by atoms with Crippen molar-refractivity contribution < 1.29 is 28.6 Å². The van der Waals surface area contributed by atoms with Gasteiger partial charge in [0, 0.05) is 33.4 Å². The van der Waals surface area contributed by atoms with Gasteiger partial charge in [0.1, 0.15) is 34.1 Å². The number of ether oxygens (including phenoxy) is 3. The van der Waals surface area contributed by atoms with Gasteiger partial charge in [0.2, 0.25) is 17.6 Å². The van der Waals surface area contributed by atoms with Gasteiger partial charge in [-0.25, -0.2) is 15.0 Å². The number of hydrogen-bond donors (Lipinski definition) is 3. The molecule has 7 rings (SSSR count). The van der Waals surface area contributed by atoms with E-state index in [4.69, 9.17) is 29.2 Å². The van der Waals surface area contributed by atoms with Gasteiger partial charge in [-0.3, -0.25) is 14.4 Å². The summed E-state index contributed by atoms with van der Waals surface area (Å²) in [5.74, 6) is 3.02. The number of carbonyl (C=O) groups excluding carboxylic acids is 3. The molecule has 1 saturated carbocycles. The predicted octanol–water partition coefficient (Wildman–Crippen LogP) is 9.92. The Hall–Kier alpha value is -5.12. The number of hydrogen-bond acceptors (Lipinski definition) is 12. The zero-order chi connectivity index (χ0) is 45.9. The number of likely N-dealkylation sites (tertiary alicyclic amines) is 1. The SMILES string of the molecule is CN[C@@H](C)C(=O)N[C@H](C(=O)N1CCC[C@H]1c1nc(C(=O)c2cccc(OCCCCCCOc3cc4nc(C)nc(N[C@H](C)c5cccc(Br)c5)c4cc3OC)c2)cs1)C1CCCCC1. The Labute approximate surface area is 395 Å². The molecule has 346 valence electrons. The topological polar surface area (TPSA) is 157 Å². The van der Waals surface area contributed by atoms with Crippen molar-refractivity contribution in [2.75, 3.05) is 39.2 Å². The molecule has 15 heteroatoms. The van der Waals surface area contributed by atoms with Crippen LogP contribution in [0.3, 0.4) is 0 Å². The minimum absolute atomic E-state index is 0.0195. The number of nitrogens with one attached hydrogen (secondary N) is 3. The average Bonchev–Trinajstić information content (AvgIpc) is 4.02. The van der Waals surface area contributed by atoms with Crippen molar-refractivity contribution in [1.29, 1.82) is 0 Å². The lowest BCUT2D eigenvalue weighted by atomic mass is 9.83. The van der Waals surface area contributed by atoms with Gasteiger partial charge in [-0.2, -0.15) is 0 Å². The number of nitrogens with zero attached hydrogens (tertiary/aromatic N) is 4. The first kappa shape index (κ1) is 47.8. The van der Waals surface area contributed by atoms with Gasteiger partial charge in [0.05, 0.1) is 44.0 Å². The number of ketones is 1. The smallest absolute Gasteiger partial charge is 0.246 e. The fourth-order valence-corrected chi connectivity index (χ4v) is 10.1. The standard InChI is InChI=1S/C50H62BrN7O6S/c1-31(35-18-13-20-37(51)26-35)53-47-39-28-43(62-5)44(29-40(39)54-33(3)55-47)64-25-12-7-6-11-24-63-38-21-14-19-36(27-38)46(59)41-30-65-49(56-41)42-22-15-23-58(42)50(61)45(34-16-9-8-10-17-34)57-48(60)32(2)52-4/h13-14,18-21,26-32,34,42,45,52H,6-12,15-17,22-25H2,1-5H3,(H,57,60)(H,53,54,55)/t31-,32+,42+,45+/m1/s1. The van der Waals surface area contributed by atoms with Crippen LogP contribution in [-0.4, -0.2) is 83.4 Å². The van der Waals surface area contributed by atoms with E-state index < -0.39 is 12.1 Å². The van der Waals surface area contributed by atoms with Crippen LogP contribution in [-0.2, 0) is 9.59 Å². The van der Waals surface area contributed by atoms with Gasteiger partial charge in [0.25, 0.3) is 0 Å². The summed E-state index contributed by atoms with van der Waals surface area (Å²) in [6, 6.07) is 18.1. The van der Waals surface area contributed by atoms with Gasteiger partial charge in [-0.1, -0.05) is 59.5 Å². The Morgan fingerprint density at radius 3 is 2.40 bits per heavy atom. The summed E-state index contributed by atoms with van der Waals surface area (Å²) in [4.78, 5) is 57.0. The highest BCUT2D eigenvalue weighted by Crippen LogP contribution is 2.38. The summed E-state index contributed by atoms with van der Waals surface area (Å²) in [5, 5.41) is 13.0. The zero-order valence-corrected chi connectivity index (χ0v) is 40.6. The van der Waals surface area contributed by atoms with Crippen LogP contribution in [0, 0.1) is 12.8 Å². The van der Waals surface area contributed by atoms with Crippen molar-refractivity contribution in [3.63, 3.8) is 0 Å². The number of benzene rings is 3. The maximum Gasteiger partial charge on any atom is 0.246 e. The number of methoxy groups -OCH3 is 1. The third-order valence-electron chi connectivity index (χ3n) is 12.5. The van der Waals surface area contributed by atoms with Crippen LogP contribution in [0.15, 0.2) is 70.5 Å². The molecule has 3 aromatic carbocycles. The largest absolute Gasteiger partial charge is 0.494 e. The van der Waals surface area contributed by atoms with Crippen molar-refractivity contribution in [3.05, 3.63) is 98.2 Å². The molecule has 0 spiro atoms. The van der Waals surface area contributed by atoms with Gasteiger partial charge in [0.15, 0.2) is 11.5 Å². The predicted molar refractivity (Wildman–Crippen MR) is 259 cm³/mol. The van der Waals surface area contributed by atoms with Crippen LogP contribution in [0.2, 0.25) is 0 Å². The number of unbranched alkanes of at least 4 members (excludes halogenated alkanes) is 3. The highest BCUT2D eigenvalue weighted by atomic mass is 79.9. The molecule has 2 fully saturated rings. The van der Waals surface area contributed by atoms with E-state index in [0.717, 1.165) is 102 Å². The Balaban J connectivity index is 0.875. The molecule has 2 amide bonds. The monoisotopic (exact) mass is 967 g/mol. The van der Waals surface area contributed by atoms with Crippen molar-refractivity contribution in [2.45, 2.75) is 116 Å². The molecule has 65 heavy (non-hydrogen) atoms. The van der Waals surface area contributed by atoms with Crippen LogP contribution in [0.1, 0.15) is 129 Å². The fourth-order valence-electron chi connectivity index (χ4n) is 8.77. The second kappa shape index (κ2) is 22.9. The van der Waals surface area contributed by atoms with Gasteiger partial charge >= 0.3 is 0 Å². The van der Waals surface area contributed by atoms with E-state index >= 15 is 0 Å². The number of aryl methyl sites for hydroxylation is 1. The molecule has 3 N–H and O–H groups in total. The molecule has 5 aromatic rings. The molecule has 0 radical (unpaired) electrons. The lowest BCUT2D eigenvalue weighted by molar-refractivity contribution is -0.139. The zero-order valence-electron chi connectivity index (χ0n) is 38.2. The Bertz CT molecular complexity index is 2420. The molecule has 2 aromatic heterocycles. The van der Waals surface area contributed by atoms with Crippen molar-refractivity contribution >= 4 is 61.6 Å². The lowest BCUT2D eigenvalue weighted by Crippen LogP contribution is -2.55. The van der Waals surface area contributed by atoms with E-state index in [-0.39, 0.29) is 35.6 Å². The maximum atomic E-state index is 14.2. The number of rotatable bonds is 21. The molecule has 0 unspecified atom stereocenters. The minimum atomic E-state index is -0.570. The second-order valence-corrected chi connectivity index (χ2v) is 19.0. The number of fused-ring (bicyclic) bond motifs is 1. The molecule has 1 aliphatic carbocycles. The first-order valence-corrected chi connectivity index (χ1v) is 24.7. The van der Waals surface area contributed by atoms with Crippen molar-refractivity contribution in [3.8, 4) is 17.2 Å². The van der Waals surface area contributed by atoms with Crippen molar-refractivity contribution in [2.24, 2.45) is 5.92 Å². The summed E-state index contributed by atoms with van der Waals surface area (Å²) in [5.41, 5.74) is 2.78. The minimum Gasteiger partial charge on any atom is -0.494 e. The quantitative estimate of drug-likeness (QED) is 0.0475. The van der Waals surface area contributed by atoms with Crippen LogP contribution >= 0.6 is 27.3 Å². The van der Waals surface area contributed by atoms with Gasteiger partial charge in [-0.05, 0) is 121 Å². The summed E-state index contributed by atoms with van der Waals surface area (Å²) in [6.07, 6.45) is 10.4. The fraction of sp³-hybridized carbons (Fsp3) is 0.480. The number of carbonyl (C=O) groups is 3. The Morgan fingerprint density at radius 1 is 0.877 bits per heavy atom. The Morgan fingerprint density at radius 2 is 1.65 bits per heavy atom. The number of likely N-dealkylation sites (N-methyl/N-ethyl adjacent to an activating group) is 1. The van der Waals surface area contributed by atoms with Crippen LogP contribution < -0.4 is 30.2 Å². The van der Waals surface area contributed by atoms with E-state index in [1.165, 1.54) is 11.3 Å². The number of halogens is 1. The maximum absolute atomic E-state index is 14.2. The molecular formula is C50H62BrN7O6S. The first-order valence-electron chi connectivity index (χ1n) is 23.0. The highest BCUT2D eigenvalue weighted by molar-refractivity contribution is 9.10. The third-order valence-corrected chi connectivity index (χ3v) is 14.0. The molecule has 1 saturated heterocycles. The molecule has 13 nitrogen and oxygen atoms in total. The molecule has 2 aliphatic rings. The average molecular weight is 969 g/mol. The number of anilines is 1. The van der Waals surface area contributed by atoms with E-state index in [1.54, 1.807) is 38.6 Å². The van der Waals surface area contributed by atoms with E-state index in [0.29, 0.717) is 54.1 Å². The third kappa shape index (κ3) is 12.2. The summed E-state index contributed by atoms with van der Waals surface area (Å²) in [7, 11) is 3.38. The first-order chi connectivity index (χ1) is 31.5. The summed E-state index contributed by atoms with van der Waals surface area (Å²) >= 11 is 4.98. The van der Waals surface area contributed by atoms with Gasteiger partial charge in [-0.15, -0.1) is 11.3 Å². The molecule has 0 bridgehead atoms.